The molecule has 0 spiro atoms. The van der Waals surface area contributed by atoms with Crippen LogP contribution in [0.4, 0.5) is 0 Å². The molecule has 0 fully saturated rings. The molecule has 0 aliphatic heterocycles. The smallest absolute Gasteiger partial charge is 0.349 e. The predicted octanol–water partition coefficient (Wildman–Crippen LogP) is 4.12. The van der Waals surface area contributed by atoms with Crippen LogP contribution in [0.1, 0.15) is 11.1 Å². The van der Waals surface area contributed by atoms with Gasteiger partial charge in [-0.25, -0.2) is 4.79 Å². The highest BCUT2D eigenvalue weighted by Gasteiger charge is 2.13. The zero-order valence-corrected chi connectivity index (χ0v) is 15.4. The minimum Gasteiger partial charge on any atom is -0.497 e. The van der Waals surface area contributed by atoms with Gasteiger partial charge in [-0.1, -0.05) is 28.1 Å². The van der Waals surface area contributed by atoms with Crippen LogP contribution in [0.2, 0.25) is 0 Å². The van der Waals surface area contributed by atoms with Crippen molar-refractivity contribution in [2.24, 2.45) is 0 Å². The van der Waals surface area contributed by atoms with Gasteiger partial charge < -0.3 is 14.2 Å². The summed E-state index contributed by atoms with van der Waals surface area (Å²) in [5.41, 5.74) is 1.32. The highest BCUT2D eigenvalue weighted by molar-refractivity contribution is 9.10. The maximum atomic E-state index is 12.2. The number of hydrogen-bond donors (Lipinski definition) is 0. The van der Waals surface area contributed by atoms with Gasteiger partial charge in [-0.15, -0.1) is 0 Å². The van der Waals surface area contributed by atoms with Crippen molar-refractivity contribution in [2.45, 2.75) is 6.61 Å². The van der Waals surface area contributed by atoms with Crippen LogP contribution < -0.4 is 9.47 Å². The number of methoxy groups -OCH3 is 2. The van der Waals surface area contributed by atoms with E-state index in [1.54, 1.807) is 50.6 Å². The van der Waals surface area contributed by atoms with Crippen molar-refractivity contribution in [3.8, 4) is 17.6 Å². The molecule has 2 aromatic rings. The molecule has 5 nitrogen and oxygen atoms in total. The van der Waals surface area contributed by atoms with E-state index in [1.807, 2.05) is 12.1 Å². The predicted molar refractivity (Wildman–Crippen MR) is 97.1 cm³/mol. The maximum Gasteiger partial charge on any atom is 0.349 e. The Morgan fingerprint density at radius 3 is 2.48 bits per heavy atom. The molecule has 6 heteroatoms. The fourth-order valence-electron chi connectivity index (χ4n) is 2.08. The Morgan fingerprint density at radius 2 is 1.88 bits per heavy atom. The van der Waals surface area contributed by atoms with Gasteiger partial charge in [0.1, 0.15) is 29.7 Å². The zero-order chi connectivity index (χ0) is 18.2. The van der Waals surface area contributed by atoms with E-state index >= 15 is 0 Å². The van der Waals surface area contributed by atoms with Crippen LogP contribution in [0.15, 0.2) is 52.5 Å². The molecular weight excluding hydrogens is 386 g/mol. The number of benzene rings is 2. The summed E-state index contributed by atoms with van der Waals surface area (Å²) in [6.45, 7) is 0.00305. The SMILES string of the molecule is COc1ccc(/C=C(\C#N)C(=O)OCc2cc(Br)ccc2OC)cc1. The molecule has 0 radical (unpaired) electrons. The molecule has 0 amide bonds. The first-order valence-corrected chi connectivity index (χ1v) is 8.12. The molecule has 0 aromatic heterocycles. The fraction of sp³-hybridized carbons (Fsp3) is 0.158. The lowest BCUT2D eigenvalue weighted by molar-refractivity contribution is -0.139. The lowest BCUT2D eigenvalue weighted by Crippen LogP contribution is -2.07. The van der Waals surface area contributed by atoms with Gasteiger partial charge in [0, 0.05) is 10.0 Å². The van der Waals surface area contributed by atoms with Gasteiger partial charge in [-0.2, -0.15) is 5.26 Å². The lowest BCUT2D eigenvalue weighted by Gasteiger charge is -2.09. The van der Waals surface area contributed by atoms with Crippen LogP contribution >= 0.6 is 15.9 Å². The molecule has 0 saturated heterocycles. The number of carbonyl (C=O) groups is 1. The van der Waals surface area contributed by atoms with E-state index in [9.17, 15) is 10.1 Å². The first kappa shape index (κ1) is 18.6. The average molecular weight is 402 g/mol. The summed E-state index contributed by atoms with van der Waals surface area (Å²) >= 11 is 3.36. The summed E-state index contributed by atoms with van der Waals surface area (Å²) in [7, 11) is 3.11. The summed E-state index contributed by atoms with van der Waals surface area (Å²) in [5, 5.41) is 9.22. The number of hydrogen-bond acceptors (Lipinski definition) is 5. The number of rotatable bonds is 6. The quantitative estimate of drug-likeness (QED) is 0.413. The molecule has 0 aliphatic carbocycles. The summed E-state index contributed by atoms with van der Waals surface area (Å²) in [6.07, 6.45) is 1.47. The van der Waals surface area contributed by atoms with Gasteiger partial charge in [-0.05, 0) is 42.0 Å². The Labute approximate surface area is 154 Å². The molecule has 0 saturated carbocycles. The second kappa shape index (κ2) is 8.90. The van der Waals surface area contributed by atoms with Crippen molar-refractivity contribution in [3.05, 3.63) is 63.6 Å². The summed E-state index contributed by atoms with van der Waals surface area (Å²) < 4.78 is 16.4. The van der Waals surface area contributed by atoms with Crippen LogP contribution in [0, 0.1) is 11.3 Å². The molecule has 0 aliphatic rings. The van der Waals surface area contributed by atoms with Crippen molar-refractivity contribution in [3.63, 3.8) is 0 Å². The molecular formula is C19H16BrNO4. The molecule has 128 valence electrons. The third kappa shape index (κ3) is 5.10. The van der Waals surface area contributed by atoms with Gasteiger partial charge in [0.15, 0.2) is 0 Å². The van der Waals surface area contributed by atoms with E-state index in [4.69, 9.17) is 14.2 Å². The Bertz CT molecular complexity index is 822. The number of halogens is 1. The van der Waals surface area contributed by atoms with Gasteiger partial charge >= 0.3 is 5.97 Å². The van der Waals surface area contributed by atoms with E-state index in [2.05, 4.69) is 15.9 Å². The second-order valence-electron chi connectivity index (χ2n) is 4.98. The minimum absolute atomic E-state index is 0.00305. The highest BCUT2D eigenvalue weighted by Crippen LogP contribution is 2.24. The largest absolute Gasteiger partial charge is 0.497 e. The molecule has 0 bridgehead atoms. The monoisotopic (exact) mass is 401 g/mol. The van der Waals surface area contributed by atoms with Gasteiger partial charge in [0.25, 0.3) is 0 Å². The van der Waals surface area contributed by atoms with Crippen molar-refractivity contribution in [1.82, 2.24) is 0 Å². The van der Waals surface area contributed by atoms with Crippen molar-refractivity contribution in [2.75, 3.05) is 14.2 Å². The Morgan fingerprint density at radius 1 is 1.16 bits per heavy atom. The van der Waals surface area contributed by atoms with Crippen LogP contribution in [0.25, 0.3) is 6.08 Å². The fourth-order valence-corrected chi connectivity index (χ4v) is 2.49. The summed E-state index contributed by atoms with van der Waals surface area (Å²) in [4.78, 5) is 12.2. The number of carbonyl (C=O) groups excluding carboxylic acids is 1. The molecule has 0 N–H and O–H groups in total. The lowest BCUT2D eigenvalue weighted by atomic mass is 10.1. The molecule has 2 aromatic carbocycles. The van der Waals surface area contributed by atoms with E-state index < -0.39 is 5.97 Å². The molecule has 25 heavy (non-hydrogen) atoms. The zero-order valence-electron chi connectivity index (χ0n) is 13.8. The number of esters is 1. The van der Waals surface area contributed by atoms with E-state index in [0.29, 0.717) is 22.6 Å². The van der Waals surface area contributed by atoms with Crippen LogP contribution in [-0.4, -0.2) is 20.2 Å². The third-order valence-corrected chi connectivity index (χ3v) is 3.86. The number of ether oxygens (including phenoxy) is 3. The highest BCUT2D eigenvalue weighted by atomic mass is 79.9. The van der Waals surface area contributed by atoms with Gasteiger partial charge in [0.05, 0.1) is 14.2 Å². The van der Waals surface area contributed by atoms with Crippen molar-refractivity contribution in [1.29, 1.82) is 5.26 Å². The average Bonchev–Trinajstić information content (AvgIpc) is 2.64. The normalized spacial score (nSPS) is 10.7. The first-order valence-electron chi connectivity index (χ1n) is 7.32. The van der Waals surface area contributed by atoms with Crippen molar-refractivity contribution >= 4 is 28.0 Å². The van der Waals surface area contributed by atoms with Crippen LogP contribution in [0.5, 0.6) is 11.5 Å². The Balaban J connectivity index is 2.11. The van der Waals surface area contributed by atoms with Crippen molar-refractivity contribution < 1.29 is 19.0 Å². The minimum atomic E-state index is -0.694. The van der Waals surface area contributed by atoms with E-state index in [0.717, 1.165) is 4.47 Å². The number of nitrogens with zero attached hydrogens (tertiary/aromatic N) is 1. The molecule has 0 unspecified atom stereocenters. The van der Waals surface area contributed by atoms with E-state index in [-0.39, 0.29) is 12.2 Å². The second-order valence-corrected chi connectivity index (χ2v) is 5.89. The topological polar surface area (TPSA) is 68.5 Å². The maximum absolute atomic E-state index is 12.2. The third-order valence-electron chi connectivity index (χ3n) is 3.37. The molecule has 0 heterocycles. The van der Waals surface area contributed by atoms with Gasteiger partial charge in [0.2, 0.25) is 0 Å². The van der Waals surface area contributed by atoms with Crippen LogP contribution in [0.3, 0.4) is 0 Å². The molecule has 0 atom stereocenters. The first-order chi connectivity index (χ1) is 12.1. The standard InChI is InChI=1S/C19H16BrNO4/c1-23-17-6-3-13(4-7-17)9-14(11-21)19(22)25-12-15-10-16(20)5-8-18(15)24-2/h3-10H,12H2,1-2H3/b14-9+. The molecule has 2 rings (SSSR count). The Hall–Kier alpha value is -2.78. The Kier molecular flexibility index (Phi) is 6.61. The van der Waals surface area contributed by atoms with Gasteiger partial charge in [-0.3, -0.25) is 0 Å². The summed E-state index contributed by atoms with van der Waals surface area (Å²) in [5.74, 6) is 0.606. The van der Waals surface area contributed by atoms with Crippen LogP contribution in [-0.2, 0) is 16.1 Å². The number of nitriles is 1. The summed E-state index contributed by atoms with van der Waals surface area (Å²) in [6, 6.07) is 14.3. The van der Waals surface area contributed by atoms with E-state index in [1.165, 1.54) is 6.08 Å².